The molecule has 0 fully saturated rings. The highest BCUT2D eigenvalue weighted by Crippen LogP contribution is 2.07. The van der Waals surface area contributed by atoms with Gasteiger partial charge in [0.05, 0.1) is 0 Å². The van der Waals surface area contributed by atoms with Gasteiger partial charge in [-0.3, -0.25) is 9.97 Å². The van der Waals surface area contributed by atoms with Crippen molar-refractivity contribution in [3.63, 3.8) is 0 Å². The molecule has 11 heavy (non-hydrogen) atoms. The molecule has 62 valence electrons. The number of rotatable bonds is 0. The van der Waals surface area contributed by atoms with Crippen LogP contribution in [0.3, 0.4) is 0 Å². The monoisotopic (exact) mass is 152 g/mol. The molecule has 0 atom stereocenters. The lowest BCUT2D eigenvalue weighted by Gasteiger charge is -2.05. The SMILES string of the molecule is CC(C)(C)C.c1cnccn1. The van der Waals surface area contributed by atoms with E-state index in [0.29, 0.717) is 5.41 Å². The quantitative estimate of drug-likeness (QED) is 0.571. The van der Waals surface area contributed by atoms with E-state index in [1.807, 2.05) is 0 Å². The molecule has 2 heteroatoms. The van der Waals surface area contributed by atoms with Gasteiger partial charge in [-0.2, -0.15) is 0 Å². The highest BCUT2D eigenvalue weighted by molar-refractivity contribution is 4.70. The van der Waals surface area contributed by atoms with E-state index in [-0.39, 0.29) is 0 Å². The lowest BCUT2D eigenvalue weighted by atomic mass is 10.0. The molecule has 0 N–H and O–H groups in total. The van der Waals surface area contributed by atoms with Crippen LogP contribution in [0.25, 0.3) is 0 Å². The standard InChI is InChI=1S/C5H12.C4H4N2/c1-5(2,3)4;1-2-6-4-3-5-1/h1-4H3;1-4H. The van der Waals surface area contributed by atoms with Crippen molar-refractivity contribution in [3.05, 3.63) is 24.8 Å². The van der Waals surface area contributed by atoms with Gasteiger partial charge in [-0.25, -0.2) is 0 Å². The second kappa shape index (κ2) is 4.83. The molecule has 0 aliphatic carbocycles. The molecule has 0 saturated heterocycles. The average Bonchev–Trinajstić information content (AvgIpc) is 1.88. The van der Waals surface area contributed by atoms with Crippen LogP contribution in [0.1, 0.15) is 27.7 Å². The highest BCUT2D eigenvalue weighted by atomic mass is 14.7. The van der Waals surface area contributed by atoms with Gasteiger partial charge in [-0.05, 0) is 5.41 Å². The van der Waals surface area contributed by atoms with Crippen molar-refractivity contribution in [3.8, 4) is 0 Å². The van der Waals surface area contributed by atoms with Crippen LogP contribution in [0, 0.1) is 5.41 Å². The van der Waals surface area contributed by atoms with Crippen LogP contribution < -0.4 is 0 Å². The molecule has 0 radical (unpaired) electrons. The summed E-state index contributed by atoms with van der Waals surface area (Å²) in [7, 11) is 0. The van der Waals surface area contributed by atoms with Gasteiger partial charge in [0.1, 0.15) is 0 Å². The van der Waals surface area contributed by atoms with E-state index in [9.17, 15) is 0 Å². The Morgan fingerprint density at radius 2 is 0.909 bits per heavy atom. The van der Waals surface area contributed by atoms with Crippen LogP contribution in [0.4, 0.5) is 0 Å². The summed E-state index contributed by atoms with van der Waals surface area (Å²) in [5.41, 5.74) is 0.500. The van der Waals surface area contributed by atoms with Crippen molar-refractivity contribution >= 4 is 0 Å². The van der Waals surface area contributed by atoms with Crippen molar-refractivity contribution in [1.29, 1.82) is 0 Å². The topological polar surface area (TPSA) is 25.8 Å². The van der Waals surface area contributed by atoms with Crippen molar-refractivity contribution < 1.29 is 0 Å². The second-order valence-corrected chi connectivity index (χ2v) is 3.89. The third-order valence-electron chi connectivity index (χ3n) is 0.478. The summed E-state index contributed by atoms with van der Waals surface area (Å²) in [6.45, 7) is 8.75. The largest absolute Gasteiger partial charge is 0.262 e. The van der Waals surface area contributed by atoms with Gasteiger partial charge in [0.25, 0.3) is 0 Å². The number of aromatic nitrogens is 2. The number of hydrogen-bond acceptors (Lipinski definition) is 2. The predicted octanol–water partition coefficient (Wildman–Crippen LogP) is 2.53. The molecule has 0 aliphatic rings. The molecule has 1 aromatic rings. The molecule has 1 rings (SSSR count). The lowest BCUT2D eigenvalue weighted by Crippen LogP contribution is -1.93. The maximum absolute atomic E-state index is 3.72. The molecule has 2 nitrogen and oxygen atoms in total. The Morgan fingerprint density at radius 1 is 0.727 bits per heavy atom. The third kappa shape index (κ3) is 17.6. The molecule has 0 amide bonds. The van der Waals surface area contributed by atoms with Crippen LogP contribution in [-0.2, 0) is 0 Å². The average molecular weight is 152 g/mol. The minimum Gasteiger partial charge on any atom is -0.262 e. The van der Waals surface area contributed by atoms with E-state index in [1.54, 1.807) is 24.8 Å². The second-order valence-electron chi connectivity index (χ2n) is 3.89. The Hall–Kier alpha value is -0.920. The molecule has 1 aromatic heterocycles. The molecule has 1 heterocycles. The first kappa shape index (κ1) is 10.1. The molecule has 0 bridgehead atoms. The highest BCUT2D eigenvalue weighted by Gasteiger charge is 1.95. The van der Waals surface area contributed by atoms with E-state index < -0.39 is 0 Å². The zero-order valence-electron chi connectivity index (χ0n) is 7.70. The fraction of sp³-hybridized carbons (Fsp3) is 0.556. The smallest absolute Gasteiger partial charge is 0.0451 e. The summed E-state index contributed by atoms with van der Waals surface area (Å²) < 4.78 is 0. The summed E-state index contributed by atoms with van der Waals surface area (Å²) in [5.74, 6) is 0. The van der Waals surface area contributed by atoms with E-state index in [2.05, 4.69) is 37.7 Å². The van der Waals surface area contributed by atoms with Crippen LogP contribution in [0.5, 0.6) is 0 Å². The van der Waals surface area contributed by atoms with Crippen molar-refractivity contribution in [2.45, 2.75) is 27.7 Å². The van der Waals surface area contributed by atoms with E-state index in [0.717, 1.165) is 0 Å². The zero-order valence-corrected chi connectivity index (χ0v) is 7.70. The summed E-state index contributed by atoms with van der Waals surface area (Å²) in [5, 5.41) is 0. The Bertz CT molecular complexity index is 132. The van der Waals surface area contributed by atoms with E-state index in [1.165, 1.54) is 0 Å². The molecule has 0 spiro atoms. The van der Waals surface area contributed by atoms with Gasteiger partial charge in [0.15, 0.2) is 0 Å². The molecule has 0 aromatic carbocycles. The fourth-order valence-corrected chi connectivity index (χ4v) is 0.253. The summed E-state index contributed by atoms with van der Waals surface area (Å²) >= 11 is 0. The van der Waals surface area contributed by atoms with Crippen LogP contribution in [0.15, 0.2) is 24.8 Å². The minimum absolute atomic E-state index is 0.500. The summed E-state index contributed by atoms with van der Waals surface area (Å²) in [6, 6.07) is 0. The summed E-state index contributed by atoms with van der Waals surface area (Å²) in [6.07, 6.45) is 6.56. The van der Waals surface area contributed by atoms with Crippen molar-refractivity contribution in [1.82, 2.24) is 9.97 Å². The fourth-order valence-electron chi connectivity index (χ4n) is 0.253. The minimum atomic E-state index is 0.500. The molecular formula is C9H16N2. The van der Waals surface area contributed by atoms with Gasteiger partial charge in [0.2, 0.25) is 0 Å². The van der Waals surface area contributed by atoms with E-state index in [4.69, 9.17) is 0 Å². The number of nitrogens with zero attached hydrogens (tertiary/aromatic N) is 2. The first-order valence-corrected chi connectivity index (χ1v) is 3.70. The van der Waals surface area contributed by atoms with Gasteiger partial charge in [-0.15, -0.1) is 0 Å². The lowest BCUT2D eigenvalue weighted by molar-refractivity contribution is 0.469. The summed E-state index contributed by atoms with van der Waals surface area (Å²) in [4.78, 5) is 7.44. The Labute approximate surface area is 68.7 Å². The van der Waals surface area contributed by atoms with Gasteiger partial charge in [-0.1, -0.05) is 27.7 Å². The molecular weight excluding hydrogens is 136 g/mol. The Kier molecular flexibility index (Phi) is 4.42. The maximum Gasteiger partial charge on any atom is 0.0451 e. The Balaban J connectivity index is 0.000000187. The zero-order chi connectivity index (χ0) is 8.74. The Morgan fingerprint density at radius 3 is 1.00 bits per heavy atom. The van der Waals surface area contributed by atoms with Gasteiger partial charge >= 0.3 is 0 Å². The van der Waals surface area contributed by atoms with Crippen LogP contribution >= 0.6 is 0 Å². The van der Waals surface area contributed by atoms with Crippen LogP contribution in [0.2, 0.25) is 0 Å². The normalized spacial score (nSPS) is 9.82. The first-order chi connectivity index (χ1) is 5.00. The van der Waals surface area contributed by atoms with Crippen molar-refractivity contribution in [2.24, 2.45) is 5.41 Å². The number of hydrogen-bond donors (Lipinski definition) is 0. The first-order valence-electron chi connectivity index (χ1n) is 3.70. The third-order valence-corrected chi connectivity index (χ3v) is 0.478. The molecule has 0 saturated carbocycles. The van der Waals surface area contributed by atoms with Gasteiger partial charge in [0, 0.05) is 24.8 Å². The molecule has 0 unspecified atom stereocenters. The van der Waals surface area contributed by atoms with Gasteiger partial charge < -0.3 is 0 Å². The van der Waals surface area contributed by atoms with Crippen molar-refractivity contribution in [2.75, 3.05) is 0 Å². The maximum atomic E-state index is 3.72. The van der Waals surface area contributed by atoms with E-state index >= 15 is 0 Å². The molecule has 0 aliphatic heterocycles. The predicted molar refractivity (Wildman–Crippen MR) is 47.2 cm³/mol. The van der Waals surface area contributed by atoms with Crippen LogP contribution in [-0.4, -0.2) is 9.97 Å².